The van der Waals surface area contributed by atoms with Crippen LogP contribution in [0.5, 0.6) is 0 Å². The summed E-state index contributed by atoms with van der Waals surface area (Å²) in [6, 6.07) is 5.70. The van der Waals surface area contributed by atoms with E-state index in [0.29, 0.717) is 0 Å². The zero-order valence-electron chi connectivity index (χ0n) is 6.34. The Hall–Kier alpha value is -1.39. The van der Waals surface area contributed by atoms with Crippen LogP contribution in [0.1, 0.15) is 5.69 Å². The standard InChI is InChI=1S/C8H8N2O2/c11-12-6-7-5-9-8-3-1-2-4-10(7)8/h1-5,11H,6H2. The van der Waals surface area contributed by atoms with Crippen LogP contribution in [0.4, 0.5) is 0 Å². The maximum Gasteiger partial charge on any atom is 0.136 e. The van der Waals surface area contributed by atoms with Crippen LogP contribution in [0.15, 0.2) is 30.6 Å². The van der Waals surface area contributed by atoms with E-state index in [1.165, 1.54) is 0 Å². The van der Waals surface area contributed by atoms with Gasteiger partial charge in [0.25, 0.3) is 0 Å². The Bertz CT molecular complexity index is 383. The first-order chi connectivity index (χ1) is 5.92. The summed E-state index contributed by atoms with van der Waals surface area (Å²) in [5.74, 6) is 0. The second-order valence-electron chi connectivity index (χ2n) is 2.45. The number of rotatable bonds is 2. The first-order valence-corrected chi connectivity index (χ1v) is 3.59. The molecule has 12 heavy (non-hydrogen) atoms. The third-order valence-corrected chi connectivity index (χ3v) is 1.71. The molecule has 2 aromatic rings. The van der Waals surface area contributed by atoms with Crippen molar-refractivity contribution in [1.29, 1.82) is 0 Å². The molecule has 0 saturated carbocycles. The molecule has 0 unspecified atom stereocenters. The average molecular weight is 164 g/mol. The Morgan fingerprint density at radius 2 is 2.42 bits per heavy atom. The van der Waals surface area contributed by atoms with E-state index in [1.807, 2.05) is 28.8 Å². The first kappa shape index (κ1) is 7.27. The summed E-state index contributed by atoms with van der Waals surface area (Å²) in [6.45, 7) is 0.158. The number of pyridine rings is 1. The zero-order valence-corrected chi connectivity index (χ0v) is 6.34. The van der Waals surface area contributed by atoms with Gasteiger partial charge in [-0.15, -0.1) is 0 Å². The zero-order chi connectivity index (χ0) is 8.39. The van der Waals surface area contributed by atoms with Gasteiger partial charge in [0, 0.05) is 6.20 Å². The molecule has 4 nitrogen and oxygen atoms in total. The van der Waals surface area contributed by atoms with Crippen molar-refractivity contribution in [2.75, 3.05) is 0 Å². The van der Waals surface area contributed by atoms with Gasteiger partial charge in [0.15, 0.2) is 0 Å². The molecule has 4 heteroatoms. The van der Waals surface area contributed by atoms with E-state index >= 15 is 0 Å². The van der Waals surface area contributed by atoms with Gasteiger partial charge in [-0.2, -0.15) is 0 Å². The quantitative estimate of drug-likeness (QED) is 0.538. The Kier molecular flexibility index (Phi) is 1.77. The van der Waals surface area contributed by atoms with Gasteiger partial charge in [-0.1, -0.05) is 6.07 Å². The van der Waals surface area contributed by atoms with Gasteiger partial charge < -0.3 is 4.40 Å². The number of fused-ring (bicyclic) bond motifs is 1. The van der Waals surface area contributed by atoms with Crippen LogP contribution in [0.2, 0.25) is 0 Å². The Balaban J connectivity index is 2.55. The van der Waals surface area contributed by atoms with Crippen LogP contribution >= 0.6 is 0 Å². The van der Waals surface area contributed by atoms with Crippen molar-refractivity contribution < 1.29 is 10.1 Å². The molecular formula is C8H8N2O2. The van der Waals surface area contributed by atoms with Crippen molar-refractivity contribution in [3.63, 3.8) is 0 Å². The second-order valence-corrected chi connectivity index (χ2v) is 2.45. The minimum Gasteiger partial charge on any atom is -0.302 e. The maximum absolute atomic E-state index is 8.26. The summed E-state index contributed by atoms with van der Waals surface area (Å²) in [7, 11) is 0. The van der Waals surface area contributed by atoms with Crippen LogP contribution in [0.3, 0.4) is 0 Å². The summed E-state index contributed by atoms with van der Waals surface area (Å²) >= 11 is 0. The van der Waals surface area contributed by atoms with Gasteiger partial charge in [-0.3, -0.25) is 5.26 Å². The molecule has 0 bridgehead atoms. The van der Waals surface area contributed by atoms with E-state index in [0.717, 1.165) is 11.3 Å². The van der Waals surface area contributed by atoms with E-state index in [-0.39, 0.29) is 6.61 Å². The summed E-state index contributed by atoms with van der Waals surface area (Å²) in [6.07, 6.45) is 3.54. The molecule has 0 aromatic carbocycles. The summed E-state index contributed by atoms with van der Waals surface area (Å²) in [4.78, 5) is 8.14. The maximum atomic E-state index is 8.26. The van der Waals surface area contributed by atoms with Crippen molar-refractivity contribution in [2.24, 2.45) is 0 Å². The van der Waals surface area contributed by atoms with Crippen molar-refractivity contribution in [3.8, 4) is 0 Å². The van der Waals surface area contributed by atoms with E-state index in [1.54, 1.807) is 6.20 Å². The van der Waals surface area contributed by atoms with Crippen molar-refractivity contribution in [2.45, 2.75) is 6.61 Å². The molecule has 2 heterocycles. The molecule has 0 spiro atoms. The van der Waals surface area contributed by atoms with Crippen molar-refractivity contribution in [3.05, 3.63) is 36.3 Å². The topological polar surface area (TPSA) is 46.8 Å². The molecule has 0 saturated heterocycles. The fraction of sp³-hybridized carbons (Fsp3) is 0.125. The lowest BCUT2D eigenvalue weighted by molar-refractivity contribution is -0.253. The van der Waals surface area contributed by atoms with Crippen molar-refractivity contribution >= 4 is 5.65 Å². The minimum absolute atomic E-state index is 0.158. The Morgan fingerprint density at radius 3 is 3.25 bits per heavy atom. The Morgan fingerprint density at radius 1 is 1.50 bits per heavy atom. The predicted octanol–water partition coefficient (Wildman–Crippen LogP) is 1.32. The predicted molar refractivity (Wildman–Crippen MR) is 42.6 cm³/mol. The highest BCUT2D eigenvalue weighted by molar-refractivity contribution is 5.39. The molecule has 0 aliphatic rings. The SMILES string of the molecule is OOCc1cnc2ccccn12. The van der Waals surface area contributed by atoms with E-state index in [4.69, 9.17) is 5.26 Å². The smallest absolute Gasteiger partial charge is 0.136 e. The summed E-state index contributed by atoms with van der Waals surface area (Å²) in [5.41, 5.74) is 1.68. The molecule has 2 rings (SSSR count). The summed E-state index contributed by atoms with van der Waals surface area (Å²) in [5, 5.41) is 8.26. The lowest BCUT2D eigenvalue weighted by Crippen LogP contribution is -1.93. The highest BCUT2D eigenvalue weighted by Gasteiger charge is 2.00. The Labute approximate surface area is 69.0 Å². The van der Waals surface area contributed by atoms with Gasteiger partial charge >= 0.3 is 0 Å². The molecule has 0 aliphatic heterocycles. The van der Waals surface area contributed by atoms with Crippen LogP contribution in [-0.4, -0.2) is 14.6 Å². The fourth-order valence-electron chi connectivity index (χ4n) is 1.16. The molecule has 0 fully saturated rings. The highest BCUT2D eigenvalue weighted by Crippen LogP contribution is 2.06. The number of nitrogens with zero attached hydrogens (tertiary/aromatic N) is 2. The van der Waals surface area contributed by atoms with Gasteiger partial charge in [-0.25, -0.2) is 9.87 Å². The van der Waals surface area contributed by atoms with E-state index in [2.05, 4.69) is 9.87 Å². The molecule has 0 amide bonds. The molecule has 0 atom stereocenters. The van der Waals surface area contributed by atoms with Crippen molar-refractivity contribution in [1.82, 2.24) is 9.38 Å². The van der Waals surface area contributed by atoms with Gasteiger partial charge in [0.05, 0.1) is 11.9 Å². The largest absolute Gasteiger partial charge is 0.302 e. The normalized spacial score (nSPS) is 10.8. The summed E-state index contributed by atoms with van der Waals surface area (Å²) < 4.78 is 1.86. The molecule has 62 valence electrons. The first-order valence-electron chi connectivity index (χ1n) is 3.59. The molecular weight excluding hydrogens is 156 g/mol. The van der Waals surface area contributed by atoms with Gasteiger partial charge in [0.2, 0.25) is 0 Å². The molecule has 0 aliphatic carbocycles. The lowest BCUT2D eigenvalue weighted by Gasteiger charge is -1.96. The highest BCUT2D eigenvalue weighted by atomic mass is 17.1. The monoisotopic (exact) mass is 164 g/mol. The number of hydrogen-bond donors (Lipinski definition) is 1. The number of aromatic nitrogens is 2. The fourth-order valence-corrected chi connectivity index (χ4v) is 1.16. The van der Waals surface area contributed by atoms with Crippen LogP contribution in [-0.2, 0) is 11.5 Å². The number of imidazole rings is 1. The molecule has 2 aromatic heterocycles. The second kappa shape index (κ2) is 2.92. The van der Waals surface area contributed by atoms with Crippen LogP contribution < -0.4 is 0 Å². The lowest BCUT2D eigenvalue weighted by atomic mass is 10.4. The van der Waals surface area contributed by atoms with E-state index in [9.17, 15) is 0 Å². The average Bonchev–Trinajstić information content (AvgIpc) is 2.50. The van der Waals surface area contributed by atoms with Crippen LogP contribution in [0.25, 0.3) is 5.65 Å². The van der Waals surface area contributed by atoms with Gasteiger partial charge in [-0.05, 0) is 12.1 Å². The number of hydrogen-bond acceptors (Lipinski definition) is 3. The molecule has 1 N–H and O–H groups in total. The minimum atomic E-state index is 0.158. The van der Waals surface area contributed by atoms with Gasteiger partial charge in [0.1, 0.15) is 12.3 Å². The molecule has 0 radical (unpaired) electrons. The van der Waals surface area contributed by atoms with E-state index < -0.39 is 0 Å². The van der Waals surface area contributed by atoms with Crippen LogP contribution in [0, 0.1) is 0 Å². The third kappa shape index (κ3) is 1.07. The third-order valence-electron chi connectivity index (χ3n) is 1.71.